The fourth-order valence-corrected chi connectivity index (χ4v) is 3.26. The van der Waals surface area contributed by atoms with Crippen LogP contribution in [0.25, 0.3) is 0 Å². The van der Waals surface area contributed by atoms with E-state index in [-0.39, 0.29) is 9.56 Å². The average Bonchev–Trinajstić information content (AvgIpc) is 2.63. The number of aliphatic carboxylic acids is 1. The van der Waals surface area contributed by atoms with Gasteiger partial charge in [-0.3, -0.25) is 4.79 Å². The molecular formula is C9H12BrNO5S. The van der Waals surface area contributed by atoms with Crippen LogP contribution in [-0.2, 0) is 14.8 Å². The SMILES string of the molecule is CN(C(C)(C)C(=O)O)S(=O)(=O)c1occc1Br. The first kappa shape index (κ1) is 14.2. The van der Waals surface area contributed by atoms with Crippen LogP contribution in [0.2, 0.25) is 0 Å². The molecule has 1 aromatic heterocycles. The normalized spacial score (nSPS) is 13.0. The van der Waals surface area contributed by atoms with Crippen LogP contribution < -0.4 is 0 Å². The topological polar surface area (TPSA) is 87.8 Å². The summed E-state index contributed by atoms with van der Waals surface area (Å²) < 4.78 is 30.1. The Morgan fingerprint density at radius 2 is 2.06 bits per heavy atom. The first-order chi connectivity index (χ1) is 7.61. The van der Waals surface area contributed by atoms with Crippen LogP contribution in [0.4, 0.5) is 0 Å². The largest absolute Gasteiger partial charge is 0.480 e. The molecule has 1 heterocycles. The summed E-state index contributed by atoms with van der Waals surface area (Å²) in [6, 6.07) is 1.43. The molecule has 0 spiro atoms. The third kappa shape index (κ3) is 2.38. The number of carboxylic acid groups (broad SMARTS) is 1. The van der Waals surface area contributed by atoms with E-state index >= 15 is 0 Å². The van der Waals surface area contributed by atoms with Gasteiger partial charge in [0.15, 0.2) is 0 Å². The number of hydrogen-bond donors (Lipinski definition) is 1. The number of rotatable bonds is 4. The molecule has 17 heavy (non-hydrogen) atoms. The lowest BCUT2D eigenvalue weighted by Gasteiger charge is -2.29. The molecule has 1 N–H and O–H groups in total. The highest BCUT2D eigenvalue weighted by atomic mass is 79.9. The Morgan fingerprint density at radius 3 is 2.41 bits per heavy atom. The Bertz CT molecular complexity index is 533. The second-order valence-corrected chi connectivity index (χ2v) is 6.62. The summed E-state index contributed by atoms with van der Waals surface area (Å²) in [5, 5.41) is 8.68. The molecule has 0 saturated heterocycles. The Morgan fingerprint density at radius 1 is 1.53 bits per heavy atom. The molecule has 96 valence electrons. The fraction of sp³-hybridized carbons (Fsp3) is 0.444. The highest BCUT2D eigenvalue weighted by molar-refractivity contribution is 9.10. The van der Waals surface area contributed by atoms with Crippen LogP contribution >= 0.6 is 15.9 Å². The third-order valence-corrected chi connectivity index (χ3v) is 5.34. The van der Waals surface area contributed by atoms with Crippen molar-refractivity contribution in [3.63, 3.8) is 0 Å². The molecule has 0 aliphatic heterocycles. The second kappa shape index (κ2) is 4.43. The Hall–Kier alpha value is -0.860. The van der Waals surface area contributed by atoms with E-state index in [0.717, 1.165) is 4.31 Å². The van der Waals surface area contributed by atoms with E-state index in [1.54, 1.807) is 0 Å². The minimum Gasteiger partial charge on any atom is -0.480 e. The zero-order valence-corrected chi connectivity index (χ0v) is 11.9. The maximum Gasteiger partial charge on any atom is 0.324 e. The maximum atomic E-state index is 12.1. The van der Waals surface area contributed by atoms with Gasteiger partial charge in [-0.1, -0.05) is 0 Å². The van der Waals surface area contributed by atoms with Crippen LogP contribution in [0.15, 0.2) is 26.3 Å². The van der Waals surface area contributed by atoms with Crippen LogP contribution in [-0.4, -0.2) is 36.4 Å². The van der Waals surface area contributed by atoms with Gasteiger partial charge in [-0.25, -0.2) is 8.42 Å². The molecule has 8 heteroatoms. The van der Waals surface area contributed by atoms with E-state index in [1.807, 2.05) is 0 Å². The van der Waals surface area contributed by atoms with Gasteiger partial charge in [0.25, 0.3) is 10.0 Å². The lowest BCUT2D eigenvalue weighted by molar-refractivity contribution is -0.145. The smallest absolute Gasteiger partial charge is 0.324 e. The molecule has 0 bridgehead atoms. The Labute approximate surface area is 107 Å². The zero-order chi connectivity index (χ0) is 13.4. The number of furan rings is 1. The molecule has 0 aliphatic rings. The molecular weight excluding hydrogens is 314 g/mol. The molecule has 6 nitrogen and oxygen atoms in total. The van der Waals surface area contributed by atoms with E-state index in [2.05, 4.69) is 15.9 Å². The molecule has 0 amide bonds. The van der Waals surface area contributed by atoms with Gasteiger partial charge in [0, 0.05) is 7.05 Å². The highest BCUT2D eigenvalue weighted by Gasteiger charge is 2.42. The summed E-state index contributed by atoms with van der Waals surface area (Å²) in [7, 11) is -2.80. The van der Waals surface area contributed by atoms with Gasteiger partial charge in [-0.2, -0.15) is 4.31 Å². The molecule has 0 unspecified atom stereocenters. The van der Waals surface area contributed by atoms with Crippen LogP contribution in [0.5, 0.6) is 0 Å². The van der Waals surface area contributed by atoms with Gasteiger partial charge >= 0.3 is 5.97 Å². The molecule has 1 aromatic rings. The van der Waals surface area contributed by atoms with Crippen molar-refractivity contribution < 1.29 is 22.7 Å². The molecule has 0 fully saturated rings. The van der Waals surface area contributed by atoms with Crippen molar-refractivity contribution in [3.05, 3.63) is 16.8 Å². The first-order valence-corrected chi connectivity index (χ1v) is 6.80. The maximum absolute atomic E-state index is 12.1. The van der Waals surface area contributed by atoms with Crippen molar-refractivity contribution in [3.8, 4) is 0 Å². The summed E-state index contributed by atoms with van der Waals surface area (Å²) in [4.78, 5) is 11.0. The van der Waals surface area contributed by atoms with E-state index in [4.69, 9.17) is 9.52 Å². The lowest BCUT2D eigenvalue weighted by atomic mass is 10.1. The van der Waals surface area contributed by atoms with Gasteiger partial charge in [-0.05, 0) is 35.8 Å². The minimum absolute atomic E-state index is 0.255. The first-order valence-electron chi connectivity index (χ1n) is 4.57. The van der Waals surface area contributed by atoms with Gasteiger partial charge in [-0.15, -0.1) is 0 Å². The molecule has 0 atom stereocenters. The van der Waals surface area contributed by atoms with Gasteiger partial charge in [0.05, 0.1) is 10.7 Å². The fourth-order valence-electron chi connectivity index (χ4n) is 1.02. The summed E-state index contributed by atoms with van der Waals surface area (Å²) >= 11 is 3.03. The second-order valence-electron chi connectivity index (χ2n) is 3.89. The predicted molar refractivity (Wildman–Crippen MR) is 63.1 cm³/mol. The van der Waals surface area contributed by atoms with E-state index in [0.29, 0.717) is 0 Å². The van der Waals surface area contributed by atoms with E-state index < -0.39 is 21.5 Å². The number of likely N-dealkylation sites (N-methyl/N-ethyl adjacent to an activating group) is 1. The van der Waals surface area contributed by atoms with Crippen molar-refractivity contribution in [2.24, 2.45) is 0 Å². The van der Waals surface area contributed by atoms with Crippen molar-refractivity contribution in [2.75, 3.05) is 7.05 Å². The van der Waals surface area contributed by atoms with Crippen LogP contribution in [0.3, 0.4) is 0 Å². The lowest BCUT2D eigenvalue weighted by Crippen LogP contribution is -2.50. The molecule has 0 saturated carbocycles. The van der Waals surface area contributed by atoms with Gasteiger partial charge in [0.1, 0.15) is 5.54 Å². The average molecular weight is 326 g/mol. The van der Waals surface area contributed by atoms with Crippen LogP contribution in [0, 0.1) is 0 Å². The van der Waals surface area contributed by atoms with Gasteiger partial charge < -0.3 is 9.52 Å². The molecule has 0 aliphatic carbocycles. The number of carboxylic acids is 1. The summed E-state index contributed by atoms with van der Waals surface area (Å²) in [5.41, 5.74) is -1.56. The van der Waals surface area contributed by atoms with Crippen molar-refractivity contribution >= 4 is 31.9 Å². The Kier molecular flexibility index (Phi) is 3.70. The molecule has 0 radical (unpaired) electrons. The molecule has 1 rings (SSSR count). The van der Waals surface area contributed by atoms with Gasteiger partial charge in [0.2, 0.25) is 5.09 Å². The predicted octanol–water partition coefficient (Wildman–Crippen LogP) is 1.53. The number of nitrogens with zero attached hydrogens (tertiary/aromatic N) is 1. The Balaban J connectivity index is 3.26. The summed E-state index contributed by atoms with van der Waals surface area (Å²) in [6.45, 7) is 2.59. The van der Waals surface area contributed by atoms with Crippen LogP contribution in [0.1, 0.15) is 13.8 Å². The van der Waals surface area contributed by atoms with Crippen molar-refractivity contribution in [1.29, 1.82) is 0 Å². The highest BCUT2D eigenvalue weighted by Crippen LogP contribution is 2.29. The van der Waals surface area contributed by atoms with Crippen molar-refractivity contribution in [1.82, 2.24) is 4.31 Å². The van der Waals surface area contributed by atoms with E-state index in [9.17, 15) is 13.2 Å². The number of halogens is 1. The number of hydrogen-bond acceptors (Lipinski definition) is 4. The quantitative estimate of drug-likeness (QED) is 0.906. The third-order valence-electron chi connectivity index (χ3n) is 2.49. The van der Waals surface area contributed by atoms with E-state index in [1.165, 1.54) is 33.2 Å². The standard InChI is InChI=1S/C9H12BrNO5S/c1-9(2,8(12)13)11(3)17(14,15)7-6(10)4-5-16-7/h4-5H,1-3H3,(H,12,13). The zero-order valence-electron chi connectivity index (χ0n) is 9.47. The summed E-state index contributed by atoms with van der Waals surface area (Å²) in [6.07, 6.45) is 1.21. The number of sulfonamides is 1. The monoisotopic (exact) mass is 325 g/mol. The summed E-state index contributed by atoms with van der Waals surface area (Å²) in [5.74, 6) is -1.24. The molecule has 0 aromatic carbocycles. The van der Waals surface area contributed by atoms with Crippen molar-refractivity contribution in [2.45, 2.75) is 24.5 Å². The minimum atomic E-state index is -3.99. The number of carbonyl (C=O) groups is 1.